The van der Waals surface area contributed by atoms with Gasteiger partial charge in [0, 0.05) is 12.1 Å². The fourth-order valence-electron chi connectivity index (χ4n) is 1.54. The number of nitrogen functional groups attached to an aromatic ring is 1. The van der Waals surface area contributed by atoms with Gasteiger partial charge in [0.2, 0.25) is 5.91 Å². The van der Waals surface area contributed by atoms with Crippen molar-refractivity contribution in [2.45, 2.75) is 31.9 Å². The maximum absolute atomic E-state index is 13.4. The zero-order valence-corrected chi connectivity index (χ0v) is 12.3. The standard InChI is InChI=1S/C13H19FN2O3S/c1-3-9(2)20(18,19)7-6-13(17)16-12-8-10(15)4-5-11(12)14/h4-5,8-9H,3,6-7,15H2,1-2H3,(H,16,17). The number of hydrogen-bond acceptors (Lipinski definition) is 4. The third-order valence-corrected chi connectivity index (χ3v) is 5.40. The van der Waals surface area contributed by atoms with Gasteiger partial charge in [0.15, 0.2) is 9.84 Å². The van der Waals surface area contributed by atoms with E-state index in [1.54, 1.807) is 13.8 Å². The van der Waals surface area contributed by atoms with Crippen molar-refractivity contribution < 1.29 is 17.6 Å². The molecular formula is C13H19FN2O3S. The number of hydrogen-bond donors (Lipinski definition) is 2. The number of sulfone groups is 1. The molecule has 0 spiro atoms. The van der Waals surface area contributed by atoms with Crippen molar-refractivity contribution in [3.05, 3.63) is 24.0 Å². The molecule has 1 amide bonds. The molecule has 0 saturated heterocycles. The molecule has 0 radical (unpaired) electrons. The van der Waals surface area contributed by atoms with Crippen LogP contribution in [0.25, 0.3) is 0 Å². The largest absolute Gasteiger partial charge is 0.399 e. The molecule has 0 aliphatic rings. The number of benzene rings is 1. The van der Waals surface area contributed by atoms with Gasteiger partial charge in [-0.2, -0.15) is 0 Å². The van der Waals surface area contributed by atoms with Gasteiger partial charge in [0.05, 0.1) is 16.7 Å². The molecule has 112 valence electrons. The van der Waals surface area contributed by atoms with Crippen LogP contribution >= 0.6 is 0 Å². The molecule has 20 heavy (non-hydrogen) atoms. The summed E-state index contributed by atoms with van der Waals surface area (Å²) >= 11 is 0. The Labute approximate surface area is 118 Å². The lowest BCUT2D eigenvalue weighted by atomic mass is 10.2. The summed E-state index contributed by atoms with van der Waals surface area (Å²) in [6.07, 6.45) is 0.286. The Hall–Kier alpha value is -1.63. The lowest BCUT2D eigenvalue weighted by Crippen LogP contribution is -2.24. The second-order valence-corrected chi connectivity index (χ2v) is 7.16. The lowest BCUT2D eigenvalue weighted by Gasteiger charge is -2.11. The van der Waals surface area contributed by atoms with E-state index in [0.29, 0.717) is 12.1 Å². The van der Waals surface area contributed by atoms with Crippen LogP contribution in [0.3, 0.4) is 0 Å². The molecule has 0 aliphatic heterocycles. The van der Waals surface area contributed by atoms with Crippen LogP contribution in [0.5, 0.6) is 0 Å². The topological polar surface area (TPSA) is 89.3 Å². The molecular weight excluding hydrogens is 283 g/mol. The monoisotopic (exact) mass is 302 g/mol. The molecule has 1 rings (SSSR count). The Kier molecular flexibility index (Phi) is 5.50. The van der Waals surface area contributed by atoms with Gasteiger partial charge in [-0.15, -0.1) is 0 Å². The number of anilines is 2. The molecule has 5 nitrogen and oxygen atoms in total. The number of carbonyl (C=O) groups is 1. The smallest absolute Gasteiger partial charge is 0.225 e. The van der Waals surface area contributed by atoms with E-state index in [-0.39, 0.29) is 17.9 Å². The van der Waals surface area contributed by atoms with Crippen molar-refractivity contribution in [3.63, 3.8) is 0 Å². The molecule has 1 aromatic carbocycles. The van der Waals surface area contributed by atoms with Crippen molar-refractivity contribution in [3.8, 4) is 0 Å². The zero-order valence-electron chi connectivity index (χ0n) is 11.5. The van der Waals surface area contributed by atoms with E-state index < -0.39 is 26.8 Å². The molecule has 1 atom stereocenters. The summed E-state index contributed by atoms with van der Waals surface area (Å²) in [5.74, 6) is -1.42. The Bertz CT molecular complexity index is 587. The highest BCUT2D eigenvalue weighted by atomic mass is 32.2. The van der Waals surface area contributed by atoms with E-state index >= 15 is 0 Å². The zero-order chi connectivity index (χ0) is 15.3. The average Bonchev–Trinajstić information content (AvgIpc) is 2.39. The minimum atomic E-state index is -3.30. The molecule has 0 bridgehead atoms. The SMILES string of the molecule is CCC(C)S(=O)(=O)CCC(=O)Nc1cc(N)ccc1F. The molecule has 0 fully saturated rings. The number of carbonyl (C=O) groups excluding carboxylic acids is 1. The van der Waals surface area contributed by atoms with Crippen LogP contribution in [-0.2, 0) is 14.6 Å². The number of nitrogens with two attached hydrogens (primary N) is 1. The molecule has 0 aliphatic carbocycles. The number of halogens is 1. The van der Waals surface area contributed by atoms with Crippen LogP contribution in [0, 0.1) is 5.82 Å². The summed E-state index contributed by atoms with van der Waals surface area (Å²) in [7, 11) is -3.30. The second-order valence-electron chi connectivity index (χ2n) is 4.62. The summed E-state index contributed by atoms with van der Waals surface area (Å²) in [6.45, 7) is 3.37. The minimum Gasteiger partial charge on any atom is -0.399 e. The van der Waals surface area contributed by atoms with Gasteiger partial charge in [-0.3, -0.25) is 4.79 Å². The normalized spacial score (nSPS) is 12.9. The molecule has 0 heterocycles. The molecule has 7 heteroatoms. The molecule has 0 saturated carbocycles. The van der Waals surface area contributed by atoms with Crippen LogP contribution in [0.4, 0.5) is 15.8 Å². The maximum atomic E-state index is 13.4. The van der Waals surface area contributed by atoms with Crippen molar-refractivity contribution in [1.82, 2.24) is 0 Å². The van der Waals surface area contributed by atoms with Crippen LogP contribution in [-0.4, -0.2) is 25.3 Å². The van der Waals surface area contributed by atoms with Crippen LogP contribution in [0.1, 0.15) is 26.7 Å². The maximum Gasteiger partial charge on any atom is 0.225 e. The predicted octanol–water partition coefficient (Wildman–Crippen LogP) is 1.95. The van der Waals surface area contributed by atoms with Crippen molar-refractivity contribution in [1.29, 1.82) is 0 Å². The van der Waals surface area contributed by atoms with Crippen molar-refractivity contribution in [2.24, 2.45) is 0 Å². The summed E-state index contributed by atoms with van der Waals surface area (Å²) in [6, 6.07) is 3.80. The fourth-order valence-corrected chi connectivity index (χ4v) is 2.92. The lowest BCUT2D eigenvalue weighted by molar-refractivity contribution is -0.115. The van der Waals surface area contributed by atoms with Gasteiger partial charge in [0.1, 0.15) is 5.82 Å². The van der Waals surface area contributed by atoms with Gasteiger partial charge in [-0.25, -0.2) is 12.8 Å². The molecule has 0 aromatic heterocycles. The van der Waals surface area contributed by atoms with E-state index in [1.165, 1.54) is 12.1 Å². The summed E-state index contributed by atoms with van der Waals surface area (Å²) < 4.78 is 36.9. The van der Waals surface area contributed by atoms with Crippen LogP contribution in [0.2, 0.25) is 0 Å². The Morgan fingerprint density at radius 1 is 1.45 bits per heavy atom. The Balaban J connectivity index is 2.63. The van der Waals surface area contributed by atoms with Gasteiger partial charge < -0.3 is 11.1 Å². The first-order valence-corrected chi connectivity index (χ1v) is 8.04. The highest BCUT2D eigenvalue weighted by molar-refractivity contribution is 7.92. The number of amides is 1. The number of nitrogens with one attached hydrogen (secondary N) is 1. The van der Waals surface area contributed by atoms with Crippen molar-refractivity contribution >= 4 is 27.1 Å². The van der Waals surface area contributed by atoms with Gasteiger partial charge in [-0.05, 0) is 31.5 Å². The molecule has 1 aromatic rings. The van der Waals surface area contributed by atoms with E-state index in [4.69, 9.17) is 5.73 Å². The second kappa shape index (κ2) is 6.69. The highest BCUT2D eigenvalue weighted by Gasteiger charge is 2.20. The summed E-state index contributed by atoms with van der Waals surface area (Å²) in [5, 5.41) is 1.84. The number of rotatable bonds is 6. The predicted molar refractivity (Wildman–Crippen MR) is 77.6 cm³/mol. The van der Waals surface area contributed by atoms with E-state index in [2.05, 4.69) is 5.32 Å². The highest BCUT2D eigenvalue weighted by Crippen LogP contribution is 2.17. The first kappa shape index (κ1) is 16.4. The third-order valence-electron chi connectivity index (χ3n) is 3.07. The molecule has 1 unspecified atom stereocenters. The van der Waals surface area contributed by atoms with E-state index in [9.17, 15) is 17.6 Å². The van der Waals surface area contributed by atoms with Gasteiger partial charge >= 0.3 is 0 Å². The summed E-state index contributed by atoms with van der Waals surface area (Å²) in [5.41, 5.74) is 5.76. The van der Waals surface area contributed by atoms with Crippen LogP contribution in [0.15, 0.2) is 18.2 Å². The Morgan fingerprint density at radius 2 is 2.10 bits per heavy atom. The van der Waals surface area contributed by atoms with Gasteiger partial charge in [-0.1, -0.05) is 6.92 Å². The van der Waals surface area contributed by atoms with Crippen molar-refractivity contribution in [2.75, 3.05) is 16.8 Å². The Morgan fingerprint density at radius 3 is 2.70 bits per heavy atom. The molecule has 3 N–H and O–H groups in total. The minimum absolute atomic E-state index is 0.0454. The van der Waals surface area contributed by atoms with E-state index in [1.807, 2.05) is 0 Å². The van der Waals surface area contributed by atoms with Crippen LogP contribution < -0.4 is 11.1 Å². The first-order valence-electron chi connectivity index (χ1n) is 6.32. The van der Waals surface area contributed by atoms with E-state index in [0.717, 1.165) is 6.07 Å². The fraction of sp³-hybridized carbons (Fsp3) is 0.462. The first-order chi connectivity index (χ1) is 9.26. The quantitative estimate of drug-likeness (QED) is 0.786. The average molecular weight is 302 g/mol. The summed E-state index contributed by atoms with van der Waals surface area (Å²) in [4.78, 5) is 11.7. The third kappa shape index (κ3) is 4.48. The van der Waals surface area contributed by atoms with Gasteiger partial charge in [0.25, 0.3) is 0 Å².